The predicted molar refractivity (Wildman–Crippen MR) is 78.6 cm³/mol. The monoisotopic (exact) mass is 316 g/mol. The number of thiophene rings is 1. The van der Waals surface area contributed by atoms with E-state index in [0.29, 0.717) is 6.04 Å². The van der Waals surface area contributed by atoms with Gasteiger partial charge in [0.15, 0.2) is 0 Å². The Balaban J connectivity index is 1.68. The molecule has 1 aromatic rings. The van der Waals surface area contributed by atoms with E-state index >= 15 is 0 Å². The van der Waals surface area contributed by atoms with Crippen molar-refractivity contribution in [2.24, 2.45) is 0 Å². The Hall–Kier alpha value is 0.1000. The van der Waals surface area contributed by atoms with Gasteiger partial charge in [0.25, 0.3) is 0 Å². The molecule has 0 aromatic carbocycles. The molecule has 17 heavy (non-hydrogen) atoms. The summed E-state index contributed by atoms with van der Waals surface area (Å²) in [6.45, 7) is 4.48. The molecule has 2 unspecified atom stereocenters. The molecule has 2 heterocycles. The van der Waals surface area contributed by atoms with Crippen molar-refractivity contribution in [3.8, 4) is 0 Å². The van der Waals surface area contributed by atoms with Crippen LogP contribution in [0.25, 0.3) is 0 Å². The van der Waals surface area contributed by atoms with Gasteiger partial charge in [-0.15, -0.1) is 11.3 Å². The highest BCUT2D eigenvalue weighted by Crippen LogP contribution is 2.20. The maximum atomic E-state index is 3.61. The van der Waals surface area contributed by atoms with Gasteiger partial charge in [-0.3, -0.25) is 0 Å². The Morgan fingerprint density at radius 1 is 1.59 bits per heavy atom. The molecular weight excluding hydrogens is 296 g/mol. The fourth-order valence-corrected chi connectivity index (χ4v) is 3.76. The van der Waals surface area contributed by atoms with Gasteiger partial charge in [-0.2, -0.15) is 0 Å². The molecule has 0 amide bonds. The highest BCUT2D eigenvalue weighted by atomic mass is 79.9. The summed E-state index contributed by atoms with van der Waals surface area (Å²) >= 11 is 5.30. The number of hydrogen-bond acceptors (Lipinski definition) is 3. The van der Waals surface area contributed by atoms with Crippen LogP contribution in [0.1, 0.15) is 37.5 Å². The Morgan fingerprint density at radius 3 is 3.12 bits per heavy atom. The molecule has 1 aromatic heterocycles. The van der Waals surface area contributed by atoms with Gasteiger partial charge in [-0.25, -0.2) is 0 Å². The molecule has 1 aliphatic rings. The number of rotatable bonds is 5. The number of hydrogen-bond donors (Lipinski definition) is 2. The van der Waals surface area contributed by atoms with E-state index < -0.39 is 0 Å². The van der Waals surface area contributed by atoms with Crippen LogP contribution in [0.15, 0.2) is 15.9 Å². The van der Waals surface area contributed by atoms with Gasteiger partial charge >= 0.3 is 0 Å². The van der Waals surface area contributed by atoms with E-state index in [9.17, 15) is 0 Å². The highest BCUT2D eigenvalue weighted by Gasteiger charge is 2.15. The Labute approximate surface area is 116 Å². The maximum absolute atomic E-state index is 3.61. The third-order valence-electron chi connectivity index (χ3n) is 3.30. The summed E-state index contributed by atoms with van der Waals surface area (Å²) in [4.78, 5) is 1.40. The number of nitrogens with one attached hydrogen (secondary N) is 2. The molecule has 2 nitrogen and oxygen atoms in total. The molecule has 1 saturated heterocycles. The van der Waals surface area contributed by atoms with E-state index in [0.717, 1.165) is 12.6 Å². The lowest BCUT2D eigenvalue weighted by Crippen LogP contribution is -2.39. The van der Waals surface area contributed by atoms with Crippen LogP contribution in [0.3, 0.4) is 0 Å². The second kappa shape index (κ2) is 6.88. The molecule has 0 bridgehead atoms. The lowest BCUT2D eigenvalue weighted by atomic mass is 9.99. The van der Waals surface area contributed by atoms with Gasteiger partial charge in [-0.1, -0.05) is 6.42 Å². The summed E-state index contributed by atoms with van der Waals surface area (Å²) in [6, 6.07) is 3.51. The van der Waals surface area contributed by atoms with Crippen LogP contribution in [-0.2, 0) is 6.54 Å². The van der Waals surface area contributed by atoms with Crippen LogP contribution >= 0.6 is 27.3 Å². The maximum Gasteiger partial charge on any atom is 0.0302 e. The second-order valence-corrected chi connectivity index (χ2v) is 6.81. The van der Waals surface area contributed by atoms with E-state index in [1.54, 1.807) is 0 Å². The normalized spacial score (nSPS) is 22.6. The minimum atomic E-state index is 0.589. The molecule has 0 spiro atoms. The lowest BCUT2D eigenvalue weighted by molar-refractivity contribution is 0.345. The van der Waals surface area contributed by atoms with E-state index in [1.807, 2.05) is 11.3 Å². The molecule has 4 heteroatoms. The largest absolute Gasteiger partial charge is 0.314 e. The van der Waals surface area contributed by atoms with Crippen LogP contribution in [0, 0.1) is 0 Å². The first-order valence-corrected chi connectivity index (χ1v) is 8.11. The van der Waals surface area contributed by atoms with Crippen LogP contribution in [-0.4, -0.2) is 18.6 Å². The van der Waals surface area contributed by atoms with E-state index in [4.69, 9.17) is 0 Å². The SMILES string of the molecule is CC(CC1CCCCN1)NCc1cc(Br)cs1. The predicted octanol–water partition coefficient (Wildman–Crippen LogP) is 3.52. The number of piperidine rings is 1. The van der Waals surface area contributed by atoms with Crippen molar-refractivity contribution in [3.05, 3.63) is 20.8 Å². The summed E-state index contributed by atoms with van der Waals surface area (Å²) in [5.74, 6) is 0. The van der Waals surface area contributed by atoms with Crippen LogP contribution < -0.4 is 10.6 Å². The van der Waals surface area contributed by atoms with E-state index in [2.05, 4.69) is 44.9 Å². The Bertz CT molecular complexity index is 334. The molecule has 0 aliphatic carbocycles. The van der Waals surface area contributed by atoms with E-state index in [-0.39, 0.29) is 0 Å². The molecule has 1 aliphatic heterocycles. The smallest absolute Gasteiger partial charge is 0.0302 e. The third-order valence-corrected chi connectivity index (χ3v) is 4.99. The molecule has 1 fully saturated rings. The zero-order valence-corrected chi connectivity index (χ0v) is 12.7. The van der Waals surface area contributed by atoms with Gasteiger partial charge in [0.2, 0.25) is 0 Å². The standard InChI is InChI=1S/C13H21BrN2S/c1-10(6-12-4-2-3-5-15-12)16-8-13-7-11(14)9-17-13/h7,9-10,12,15-16H,2-6,8H2,1H3. The van der Waals surface area contributed by atoms with Crippen molar-refractivity contribution in [1.82, 2.24) is 10.6 Å². The molecule has 2 rings (SSSR count). The number of halogens is 1. The van der Waals surface area contributed by atoms with Crippen molar-refractivity contribution >= 4 is 27.3 Å². The fraction of sp³-hybridized carbons (Fsp3) is 0.692. The molecule has 2 atom stereocenters. The van der Waals surface area contributed by atoms with Crippen molar-refractivity contribution in [3.63, 3.8) is 0 Å². The lowest BCUT2D eigenvalue weighted by Gasteiger charge is -2.26. The summed E-state index contributed by atoms with van der Waals surface area (Å²) in [5.41, 5.74) is 0. The summed E-state index contributed by atoms with van der Waals surface area (Å²) in [6.07, 6.45) is 5.33. The molecule has 2 N–H and O–H groups in total. The summed E-state index contributed by atoms with van der Waals surface area (Å²) in [5, 5.41) is 9.36. The van der Waals surface area contributed by atoms with E-state index in [1.165, 1.54) is 41.6 Å². The fourth-order valence-electron chi connectivity index (χ4n) is 2.36. The summed E-state index contributed by atoms with van der Waals surface area (Å²) in [7, 11) is 0. The van der Waals surface area contributed by atoms with Crippen molar-refractivity contribution in [2.75, 3.05) is 6.54 Å². The first-order chi connectivity index (χ1) is 8.24. The van der Waals surface area contributed by atoms with Gasteiger partial charge in [0, 0.05) is 33.4 Å². The van der Waals surface area contributed by atoms with Crippen molar-refractivity contribution in [2.45, 2.75) is 51.2 Å². The Morgan fingerprint density at radius 2 is 2.47 bits per heavy atom. The van der Waals surface area contributed by atoms with Gasteiger partial charge in [-0.05, 0) is 54.7 Å². The zero-order valence-electron chi connectivity index (χ0n) is 10.3. The topological polar surface area (TPSA) is 24.1 Å². The second-order valence-electron chi connectivity index (χ2n) is 4.90. The Kier molecular flexibility index (Phi) is 5.48. The highest BCUT2D eigenvalue weighted by molar-refractivity contribution is 9.10. The van der Waals surface area contributed by atoms with Crippen LogP contribution in [0.5, 0.6) is 0 Å². The van der Waals surface area contributed by atoms with Gasteiger partial charge < -0.3 is 10.6 Å². The quantitative estimate of drug-likeness (QED) is 0.868. The minimum Gasteiger partial charge on any atom is -0.314 e. The average molecular weight is 317 g/mol. The van der Waals surface area contributed by atoms with Gasteiger partial charge in [0.05, 0.1) is 0 Å². The van der Waals surface area contributed by atoms with Crippen LogP contribution in [0.2, 0.25) is 0 Å². The molecule has 0 radical (unpaired) electrons. The van der Waals surface area contributed by atoms with Crippen LogP contribution in [0.4, 0.5) is 0 Å². The third kappa shape index (κ3) is 4.70. The van der Waals surface area contributed by atoms with Crippen molar-refractivity contribution < 1.29 is 0 Å². The zero-order chi connectivity index (χ0) is 12.1. The first kappa shape index (κ1) is 13.5. The molecule has 0 saturated carbocycles. The minimum absolute atomic E-state index is 0.589. The summed E-state index contributed by atoms with van der Waals surface area (Å²) < 4.78 is 1.20. The van der Waals surface area contributed by atoms with Crippen molar-refractivity contribution in [1.29, 1.82) is 0 Å². The molecular formula is C13H21BrN2S. The average Bonchev–Trinajstić information content (AvgIpc) is 2.74. The van der Waals surface area contributed by atoms with Gasteiger partial charge in [0.1, 0.15) is 0 Å². The molecule has 96 valence electrons. The first-order valence-electron chi connectivity index (χ1n) is 6.43.